The number of carbonyl (C=O) groups excluding carboxylic acids is 1. The fourth-order valence-corrected chi connectivity index (χ4v) is 3.61. The van der Waals surface area contributed by atoms with Crippen LogP contribution < -0.4 is 5.73 Å². The minimum Gasteiger partial charge on any atom is -0.444 e. The molecule has 1 fully saturated rings. The van der Waals surface area contributed by atoms with Crippen molar-refractivity contribution < 1.29 is 13.9 Å². The highest BCUT2D eigenvalue weighted by atomic mass is 19.1. The van der Waals surface area contributed by atoms with Crippen LogP contribution in [0.3, 0.4) is 0 Å². The minimum absolute atomic E-state index is 0.0645. The van der Waals surface area contributed by atoms with Crippen LogP contribution in [0, 0.1) is 5.82 Å². The Labute approximate surface area is 146 Å². The van der Waals surface area contributed by atoms with E-state index in [1.807, 2.05) is 18.2 Å². The van der Waals surface area contributed by atoms with Crippen LogP contribution in [0.5, 0.6) is 0 Å². The van der Waals surface area contributed by atoms with Crippen molar-refractivity contribution in [3.8, 4) is 0 Å². The van der Waals surface area contributed by atoms with Crippen LogP contribution in [0.15, 0.2) is 48.5 Å². The Hall–Kier alpha value is -2.40. The number of nitrogens with two attached hydrogens (primary N) is 1. The van der Waals surface area contributed by atoms with Gasteiger partial charge in [-0.25, -0.2) is 9.18 Å². The van der Waals surface area contributed by atoms with Gasteiger partial charge in [0, 0.05) is 12.6 Å². The van der Waals surface area contributed by atoms with Gasteiger partial charge in [-0.05, 0) is 48.1 Å². The van der Waals surface area contributed by atoms with E-state index in [9.17, 15) is 9.18 Å². The maximum absolute atomic E-state index is 13.4. The average Bonchev–Trinajstić information content (AvgIpc) is 2.64. The topological polar surface area (TPSA) is 55.6 Å². The quantitative estimate of drug-likeness (QED) is 0.912. The summed E-state index contributed by atoms with van der Waals surface area (Å²) in [5.41, 5.74) is 9.05. The zero-order valence-electron chi connectivity index (χ0n) is 13.9. The smallest absolute Gasteiger partial charge is 0.410 e. The number of hydrogen-bond donors (Lipinski definition) is 1. The molecule has 1 aliphatic carbocycles. The molecule has 0 spiro atoms. The van der Waals surface area contributed by atoms with Gasteiger partial charge in [0.15, 0.2) is 0 Å². The fraction of sp³-hybridized carbons (Fsp3) is 0.350. The molecule has 1 aliphatic heterocycles. The third-order valence-corrected chi connectivity index (χ3v) is 5.22. The van der Waals surface area contributed by atoms with E-state index in [1.54, 1.807) is 17.0 Å². The van der Waals surface area contributed by atoms with Crippen LogP contribution in [0.1, 0.15) is 35.6 Å². The van der Waals surface area contributed by atoms with Crippen molar-refractivity contribution in [1.82, 2.24) is 4.90 Å². The predicted molar refractivity (Wildman–Crippen MR) is 92.6 cm³/mol. The van der Waals surface area contributed by atoms with Crippen molar-refractivity contribution >= 4 is 6.09 Å². The Morgan fingerprint density at radius 3 is 2.56 bits per heavy atom. The zero-order valence-corrected chi connectivity index (χ0v) is 13.9. The van der Waals surface area contributed by atoms with E-state index < -0.39 is 0 Å². The summed E-state index contributed by atoms with van der Waals surface area (Å²) in [6.07, 6.45) is 1.95. The number of fused-ring (bicyclic) bond motifs is 1. The van der Waals surface area contributed by atoms with Crippen molar-refractivity contribution in [3.05, 3.63) is 71.0 Å². The highest BCUT2D eigenvalue weighted by Crippen LogP contribution is 2.36. The fourth-order valence-electron chi connectivity index (χ4n) is 3.61. The molecule has 1 heterocycles. The molecule has 4 nitrogen and oxygen atoms in total. The molecule has 0 aromatic heterocycles. The lowest BCUT2D eigenvalue weighted by Crippen LogP contribution is -2.50. The van der Waals surface area contributed by atoms with Gasteiger partial charge >= 0.3 is 6.09 Å². The van der Waals surface area contributed by atoms with Gasteiger partial charge in [0.05, 0.1) is 6.04 Å². The molecule has 2 N–H and O–H groups in total. The van der Waals surface area contributed by atoms with E-state index in [-0.39, 0.29) is 30.1 Å². The van der Waals surface area contributed by atoms with Gasteiger partial charge in [0.1, 0.15) is 11.9 Å². The van der Waals surface area contributed by atoms with Crippen molar-refractivity contribution in [2.75, 3.05) is 6.54 Å². The first kappa shape index (κ1) is 16.1. The third-order valence-electron chi connectivity index (χ3n) is 5.22. The first-order chi connectivity index (χ1) is 12.1. The van der Waals surface area contributed by atoms with Gasteiger partial charge in [0.25, 0.3) is 0 Å². The number of amides is 1. The number of carbonyl (C=O) groups is 1. The van der Waals surface area contributed by atoms with Crippen LogP contribution in [0.2, 0.25) is 0 Å². The summed E-state index contributed by atoms with van der Waals surface area (Å²) in [5.74, 6) is -0.289. The van der Waals surface area contributed by atoms with Gasteiger partial charge in [-0.3, -0.25) is 4.90 Å². The molecule has 25 heavy (non-hydrogen) atoms. The van der Waals surface area contributed by atoms with Gasteiger partial charge in [0.2, 0.25) is 0 Å². The molecule has 1 amide bonds. The second-order valence-electron chi connectivity index (χ2n) is 6.76. The van der Waals surface area contributed by atoms with Gasteiger partial charge in [-0.2, -0.15) is 0 Å². The lowest BCUT2D eigenvalue weighted by atomic mass is 9.88. The second-order valence-corrected chi connectivity index (χ2v) is 6.76. The lowest BCUT2D eigenvalue weighted by Gasteiger charge is -2.40. The van der Waals surface area contributed by atoms with Gasteiger partial charge in [-0.1, -0.05) is 36.4 Å². The lowest BCUT2D eigenvalue weighted by molar-refractivity contribution is 0.00721. The monoisotopic (exact) mass is 340 g/mol. The molecule has 0 saturated heterocycles. The predicted octanol–water partition coefficient (Wildman–Crippen LogP) is 3.40. The number of rotatable bonds is 2. The number of ether oxygens (including phenoxy) is 1. The Kier molecular flexibility index (Phi) is 4.17. The Balaban J connectivity index is 1.67. The summed E-state index contributed by atoms with van der Waals surface area (Å²) in [5, 5.41) is 0. The molecule has 0 bridgehead atoms. The van der Waals surface area contributed by atoms with Crippen LogP contribution in [-0.2, 0) is 11.2 Å². The summed E-state index contributed by atoms with van der Waals surface area (Å²) in [7, 11) is 0. The van der Waals surface area contributed by atoms with Crippen LogP contribution in [-0.4, -0.2) is 29.7 Å². The van der Waals surface area contributed by atoms with Crippen LogP contribution >= 0.6 is 0 Å². The number of hydrogen-bond acceptors (Lipinski definition) is 3. The summed E-state index contributed by atoms with van der Waals surface area (Å²) in [4.78, 5) is 14.5. The van der Waals surface area contributed by atoms with Crippen molar-refractivity contribution in [1.29, 1.82) is 0 Å². The molecule has 3 atom stereocenters. The molecule has 2 aromatic rings. The van der Waals surface area contributed by atoms with Gasteiger partial charge < -0.3 is 10.5 Å². The maximum atomic E-state index is 13.4. The maximum Gasteiger partial charge on any atom is 0.410 e. The van der Waals surface area contributed by atoms with E-state index in [0.29, 0.717) is 6.54 Å². The first-order valence-electron chi connectivity index (χ1n) is 8.69. The summed E-state index contributed by atoms with van der Waals surface area (Å²) >= 11 is 0. The normalized spacial score (nSPS) is 25.0. The van der Waals surface area contributed by atoms with Crippen molar-refractivity contribution in [2.45, 2.75) is 37.5 Å². The van der Waals surface area contributed by atoms with Crippen molar-refractivity contribution in [2.24, 2.45) is 5.73 Å². The van der Waals surface area contributed by atoms with Crippen molar-refractivity contribution in [3.63, 3.8) is 0 Å². The summed E-state index contributed by atoms with van der Waals surface area (Å²) in [6.45, 7) is 0.569. The zero-order chi connectivity index (χ0) is 17.4. The van der Waals surface area contributed by atoms with E-state index in [2.05, 4.69) is 6.07 Å². The first-order valence-corrected chi connectivity index (χ1v) is 8.69. The molecular weight excluding hydrogens is 319 g/mol. The van der Waals surface area contributed by atoms with E-state index in [0.717, 1.165) is 30.4 Å². The molecule has 2 aliphatic rings. The Morgan fingerprint density at radius 1 is 1.12 bits per heavy atom. The van der Waals surface area contributed by atoms with Crippen LogP contribution in [0.4, 0.5) is 9.18 Å². The molecule has 1 saturated carbocycles. The third kappa shape index (κ3) is 3.00. The number of benzene rings is 2. The van der Waals surface area contributed by atoms with Gasteiger partial charge in [-0.15, -0.1) is 0 Å². The summed E-state index contributed by atoms with van der Waals surface area (Å²) in [6, 6.07) is 14.1. The summed E-state index contributed by atoms with van der Waals surface area (Å²) < 4.78 is 19.0. The van der Waals surface area contributed by atoms with Crippen LogP contribution in [0.25, 0.3) is 0 Å². The molecule has 0 radical (unpaired) electrons. The molecule has 0 unspecified atom stereocenters. The largest absolute Gasteiger partial charge is 0.444 e. The SMILES string of the molecule is N[C@H]1CC[C@H]1OC(=O)N1CCc2ccccc2[C@@H]1c1ccc(F)cc1. The molecule has 2 aromatic carbocycles. The van der Waals surface area contributed by atoms with E-state index in [4.69, 9.17) is 10.5 Å². The molecular formula is C20H21FN2O2. The average molecular weight is 340 g/mol. The number of halogens is 1. The molecule has 130 valence electrons. The molecule has 4 rings (SSSR count). The number of nitrogens with zero attached hydrogens (tertiary/aromatic N) is 1. The van der Waals surface area contributed by atoms with E-state index >= 15 is 0 Å². The minimum atomic E-state index is -0.344. The Bertz CT molecular complexity index is 778. The highest BCUT2D eigenvalue weighted by molar-refractivity contribution is 5.70. The highest BCUT2D eigenvalue weighted by Gasteiger charge is 2.37. The Morgan fingerprint density at radius 2 is 1.88 bits per heavy atom. The molecule has 5 heteroatoms. The standard InChI is InChI=1S/C20H21FN2O2/c21-15-7-5-14(6-8-15)19-16-4-2-1-3-13(16)11-12-23(19)20(24)25-18-10-9-17(18)22/h1-8,17-19H,9-12,22H2/t17-,18+,19-/m0/s1. The van der Waals surface area contributed by atoms with E-state index in [1.165, 1.54) is 17.7 Å². The second kappa shape index (κ2) is 6.48.